The van der Waals surface area contributed by atoms with Gasteiger partial charge in [-0.2, -0.15) is 10.2 Å². The third kappa shape index (κ3) is 2.52. The van der Waals surface area contributed by atoms with Crippen molar-refractivity contribution < 1.29 is 0 Å². The van der Waals surface area contributed by atoms with E-state index in [1.54, 1.807) is 0 Å². The van der Waals surface area contributed by atoms with Gasteiger partial charge in [0.1, 0.15) is 12.2 Å². The molecule has 0 aliphatic heterocycles. The van der Waals surface area contributed by atoms with Crippen molar-refractivity contribution >= 4 is 0 Å². The molecule has 1 atom stereocenters. The third-order valence-corrected chi connectivity index (χ3v) is 2.79. The molecule has 92 valence electrons. The lowest BCUT2D eigenvalue weighted by Gasteiger charge is -2.09. The number of aromatic nitrogens is 5. The van der Waals surface area contributed by atoms with E-state index in [1.807, 2.05) is 4.68 Å². The molecule has 0 radical (unpaired) electrons. The van der Waals surface area contributed by atoms with Crippen LogP contribution in [0.5, 0.6) is 0 Å². The van der Waals surface area contributed by atoms with E-state index in [2.05, 4.69) is 40.2 Å². The molecule has 0 bridgehead atoms. The van der Waals surface area contributed by atoms with Gasteiger partial charge in [0, 0.05) is 18.7 Å². The minimum Gasteiger partial charge on any atom is -0.321 e. The second-order valence-corrected chi connectivity index (χ2v) is 3.98. The summed E-state index contributed by atoms with van der Waals surface area (Å²) in [6.45, 7) is 5.04. The molecule has 0 saturated carbocycles. The first kappa shape index (κ1) is 11.8. The summed E-state index contributed by atoms with van der Waals surface area (Å²) in [7, 11) is 0. The van der Waals surface area contributed by atoms with Gasteiger partial charge in [0.05, 0.1) is 11.7 Å². The monoisotopic (exact) mass is 234 g/mol. The largest absolute Gasteiger partial charge is 0.321 e. The zero-order chi connectivity index (χ0) is 12.3. The van der Waals surface area contributed by atoms with Gasteiger partial charge in [0.25, 0.3) is 0 Å². The number of nitrogens with zero attached hydrogens (tertiary/aromatic N) is 4. The zero-order valence-corrected chi connectivity index (χ0v) is 10.2. The second kappa shape index (κ2) is 5.09. The lowest BCUT2D eigenvalue weighted by Crippen LogP contribution is -2.17. The number of H-pyrrole nitrogens is 1. The number of nitrogens with two attached hydrogens (primary N) is 1. The summed E-state index contributed by atoms with van der Waals surface area (Å²) in [5.41, 5.74) is 8.32. The van der Waals surface area contributed by atoms with Crippen molar-refractivity contribution in [2.24, 2.45) is 5.73 Å². The smallest absolute Gasteiger partial charge is 0.141 e. The topological polar surface area (TPSA) is 85.4 Å². The summed E-state index contributed by atoms with van der Waals surface area (Å²) in [6, 6.07) is 1.95. The van der Waals surface area contributed by atoms with E-state index in [0.29, 0.717) is 5.82 Å². The van der Waals surface area contributed by atoms with Crippen LogP contribution in [0, 0.1) is 0 Å². The van der Waals surface area contributed by atoms with Gasteiger partial charge in [-0.1, -0.05) is 6.92 Å². The van der Waals surface area contributed by atoms with Crippen LogP contribution in [0.2, 0.25) is 0 Å². The number of hydrogen-bond donors (Lipinski definition) is 2. The number of hydrogen-bond acceptors (Lipinski definition) is 4. The Kier molecular flexibility index (Phi) is 3.53. The van der Waals surface area contributed by atoms with Crippen LogP contribution in [-0.2, 0) is 19.4 Å². The van der Waals surface area contributed by atoms with Crippen molar-refractivity contribution in [3.05, 3.63) is 29.6 Å². The molecule has 1 unspecified atom stereocenters. The minimum atomic E-state index is -0.163. The number of aromatic amines is 1. The first-order valence-electron chi connectivity index (χ1n) is 5.91. The SMILES string of the molecule is CCc1cc(CC(N)c2ncn[nH]2)n(CC)n1. The predicted octanol–water partition coefficient (Wildman–Crippen LogP) is 0.826. The lowest BCUT2D eigenvalue weighted by molar-refractivity contribution is 0.574. The normalized spacial score (nSPS) is 12.9. The molecule has 6 nitrogen and oxygen atoms in total. The lowest BCUT2D eigenvalue weighted by atomic mass is 10.1. The first-order chi connectivity index (χ1) is 8.24. The van der Waals surface area contributed by atoms with Crippen LogP contribution in [0.3, 0.4) is 0 Å². The highest BCUT2D eigenvalue weighted by molar-refractivity contribution is 5.13. The maximum absolute atomic E-state index is 6.07. The van der Waals surface area contributed by atoms with Crippen molar-refractivity contribution in [3.8, 4) is 0 Å². The van der Waals surface area contributed by atoms with E-state index >= 15 is 0 Å². The third-order valence-electron chi connectivity index (χ3n) is 2.79. The second-order valence-electron chi connectivity index (χ2n) is 3.98. The fourth-order valence-corrected chi connectivity index (χ4v) is 1.84. The van der Waals surface area contributed by atoms with Crippen LogP contribution in [0.4, 0.5) is 0 Å². The average molecular weight is 234 g/mol. The summed E-state index contributed by atoms with van der Waals surface area (Å²) >= 11 is 0. The maximum Gasteiger partial charge on any atom is 0.141 e. The Balaban J connectivity index is 2.15. The van der Waals surface area contributed by atoms with E-state index in [9.17, 15) is 0 Å². The highest BCUT2D eigenvalue weighted by atomic mass is 15.3. The molecule has 6 heteroatoms. The molecule has 17 heavy (non-hydrogen) atoms. The molecule has 2 aromatic rings. The highest BCUT2D eigenvalue weighted by Gasteiger charge is 2.14. The van der Waals surface area contributed by atoms with E-state index in [1.165, 1.54) is 6.33 Å². The van der Waals surface area contributed by atoms with Crippen LogP contribution < -0.4 is 5.73 Å². The zero-order valence-electron chi connectivity index (χ0n) is 10.2. The Morgan fingerprint density at radius 2 is 2.29 bits per heavy atom. The van der Waals surface area contributed by atoms with Crippen LogP contribution in [0.15, 0.2) is 12.4 Å². The Morgan fingerprint density at radius 3 is 2.88 bits per heavy atom. The molecule has 3 N–H and O–H groups in total. The maximum atomic E-state index is 6.07. The molecule has 0 aliphatic carbocycles. The quantitative estimate of drug-likeness (QED) is 0.802. The Hall–Kier alpha value is -1.69. The standard InChI is InChI=1S/C11H18N6/c1-3-8-5-9(17(4-2)16-8)6-10(12)11-13-7-14-15-11/h5,7,10H,3-4,6,12H2,1-2H3,(H,13,14,15). The Labute approximate surface area is 100 Å². The van der Waals surface area contributed by atoms with E-state index in [-0.39, 0.29) is 6.04 Å². The molecule has 2 aromatic heterocycles. The summed E-state index contributed by atoms with van der Waals surface area (Å²) in [5.74, 6) is 0.715. The van der Waals surface area contributed by atoms with Gasteiger partial charge in [0.15, 0.2) is 0 Å². The van der Waals surface area contributed by atoms with Crippen molar-refractivity contribution in [1.82, 2.24) is 25.0 Å². The predicted molar refractivity (Wildman–Crippen MR) is 64.3 cm³/mol. The van der Waals surface area contributed by atoms with Crippen molar-refractivity contribution in [1.29, 1.82) is 0 Å². The van der Waals surface area contributed by atoms with Crippen LogP contribution in [0.25, 0.3) is 0 Å². The molecular weight excluding hydrogens is 216 g/mol. The molecule has 0 amide bonds. The van der Waals surface area contributed by atoms with Gasteiger partial charge in [-0.05, 0) is 19.4 Å². The van der Waals surface area contributed by atoms with Gasteiger partial charge in [0.2, 0.25) is 0 Å². The average Bonchev–Trinajstić information content (AvgIpc) is 2.97. The summed E-state index contributed by atoms with van der Waals surface area (Å²) in [4.78, 5) is 4.07. The molecule has 2 heterocycles. The van der Waals surface area contributed by atoms with Gasteiger partial charge < -0.3 is 5.73 Å². The van der Waals surface area contributed by atoms with Gasteiger partial charge in [-0.3, -0.25) is 9.78 Å². The minimum absolute atomic E-state index is 0.163. The molecule has 0 aliphatic rings. The van der Waals surface area contributed by atoms with Crippen LogP contribution in [-0.4, -0.2) is 25.0 Å². The van der Waals surface area contributed by atoms with Crippen molar-refractivity contribution in [3.63, 3.8) is 0 Å². The van der Waals surface area contributed by atoms with Crippen molar-refractivity contribution in [2.75, 3.05) is 0 Å². The van der Waals surface area contributed by atoms with Gasteiger partial charge in [-0.25, -0.2) is 4.98 Å². The van der Waals surface area contributed by atoms with E-state index < -0.39 is 0 Å². The number of nitrogens with one attached hydrogen (secondary N) is 1. The van der Waals surface area contributed by atoms with E-state index in [4.69, 9.17) is 5.73 Å². The fraction of sp³-hybridized carbons (Fsp3) is 0.545. The van der Waals surface area contributed by atoms with Crippen LogP contribution >= 0.6 is 0 Å². The van der Waals surface area contributed by atoms with Gasteiger partial charge >= 0.3 is 0 Å². The molecular formula is C11H18N6. The molecule has 0 spiro atoms. The fourth-order valence-electron chi connectivity index (χ4n) is 1.84. The number of aryl methyl sites for hydroxylation is 2. The molecule has 2 rings (SSSR count). The molecule has 0 aromatic carbocycles. The van der Waals surface area contributed by atoms with E-state index in [0.717, 1.165) is 30.8 Å². The Morgan fingerprint density at radius 1 is 1.47 bits per heavy atom. The van der Waals surface area contributed by atoms with Crippen molar-refractivity contribution in [2.45, 2.75) is 39.3 Å². The van der Waals surface area contributed by atoms with Crippen LogP contribution in [0.1, 0.15) is 37.1 Å². The first-order valence-corrected chi connectivity index (χ1v) is 5.91. The number of rotatable bonds is 5. The molecule has 0 saturated heterocycles. The highest BCUT2D eigenvalue weighted by Crippen LogP contribution is 2.13. The van der Waals surface area contributed by atoms with Gasteiger partial charge in [-0.15, -0.1) is 0 Å². The summed E-state index contributed by atoms with van der Waals surface area (Å²) in [6.07, 6.45) is 3.14. The summed E-state index contributed by atoms with van der Waals surface area (Å²) < 4.78 is 2.00. The molecule has 0 fully saturated rings. The summed E-state index contributed by atoms with van der Waals surface area (Å²) in [5, 5.41) is 11.1. The Bertz CT molecular complexity index is 458.